The van der Waals surface area contributed by atoms with Gasteiger partial charge in [0.2, 0.25) is 10.0 Å². The van der Waals surface area contributed by atoms with Gasteiger partial charge in [0.05, 0.1) is 28.6 Å². The number of aromatic nitrogens is 2. The van der Waals surface area contributed by atoms with Gasteiger partial charge < -0.3 is 0 Å². The number of nitrogens with zero attached hydrogens (tertiary/aromatic N) is 3. The summed E-state index contributed by atoms with van der Waals surface area (Å²) in [5, 5.41) is 14.2. The highest BCUT2D eigenvalue weighted by molar-refractivity contribution is 7.92. The summed E-state index contributed by atoms with van der Waals surface area (Å²) in [6, 6.07) is 14.6. The second kappa shape index (κ2) is 9.73. The van der Waals surface area contributed by atoms with Crippen LogP contribution in [0, 0.1) is 25.2 Å². The van der Waals surface area contributed by atoms with Crippen molar-refractivity contribution >= 4 is 38.9 Å². The topological polar surface area (TPSA) is 87.8 Å². The lowest BCUT2D eigenvalue weighted by atomic mass is 10.0. The Bertz CT molecular complexity index is 1230. The number of nitrogens with one attached hydrogen (secondary N) is 1. The molecule has 0 amide bonds. The Labute approximate surface area is 192 Å². The molecular weight excluding hydrogens is 455 g/mol. The van der Waals surface area contributed by atoms with E-state index in [0.29, 0.717) is 35.1 Å². The predicted octanol–water partition coefficient (Wildman–Crippen LogP) is 5.11. The summed E-state index contributed by atoms with van der Waals surface area (Å²) in [5.41, 5.74) is 5.66. The molecule has 0 bridgehead atoms. The van der Waals surface area contributed by atoms with Crippen molar-refractivity contribution in [1.82, 2.24) is 9.78 Å². The fourth-order valence-electron chi connectivity index (χ4n) is 3.36. The maximum Gasteiger partial charge on any atom is 0.232 e. The first-order chi connectivity index (χ1) is 14.7. The Kier molecular flexibility index (Phi) is 7.26. The average molecular weight is 477 g/mol. The van der Waals surface area contributed by atoms with Gasteiger partial charge in [0, 0.05) is 22.8 Å². The molecule has 1 N–H and O–H groups in total. The third-order valence-electron chi connectivity index (χ3n) is 4.87. The van der Waals surface area contributed by atoms with Crippen molar-refractivity contribution in [3.05, 3.63) is 70.0 Å². The van der Waals surface area contributed by atoms with Crippen LogP contribution < -0.4 is 4.72 Å². The number of halogens is 2. The van der Waals surface area contributed by atoms with Gasteiger partial charge in [-0.15, -0.1) is 11.6 Å². The Morgan fingerprint density at radius 2 is 1.87 bits per heavy atom. The average Bonchev–Trinajstić information content (AvgIpc) is 3.00. The van der Waals surface area contributed by atoms with E-state index >= 15 is 0 Å². The minimum Gasteiger partial charge on any atom is -0.284 e. The third-order valence-corrected chi connectivity index (χ3v) is 6.82. The van der Waals surface area contributed by atoms with Crippen LogP contribution in [0.4, 0.5) is 5.69 Å². The van der Waals surface area contributed by atoms with Crippen LogP contribution in [0.2, 0.25) is 5.02 Å². The summed E-state index contributed by atoms with van der Waals surface area (Å²) in [4.78, 5) is 0. The molecule has 0 radical (unpaired) electrons. The van der Waals surface area contributed by atoms with Crippen molar-refractivity contribution in [2.45, 2.75) is 26.8 Å². The first kappa shape index (κ1) is 23.1. The molecule has 31 heavy (non-hydrogen) atoms. The van der Waals surface area contributed by atoms with Crippen LogP contribution in [-0.4, -0.2) is 29.8 Å². The molecule has 3 aromatic rings. The fourth-order valence-corrected chi connectivity index (χ4v) is 4.99. The van der Waals surface area contributed by atoms with Crippen LogP contribution in [0.25, 0.3) is 11.1 Å². The van der Waals surface area contributed by atoms with Gasteiger partial charge in [-0.1, -0.05) is 29.8 Å². The highest BCUT2D eigenvalue weighted by Crippen LogP contribution is 2.30. The summed E-state index contributed by atoms with van der Waals surface area (Å²) in [6.07, 6.45) is 0.402. The summed E-state index contributed by atoms with van der Waals surface area (Å²) in [6.45, 7) is 4.46. The van der Waals surface area contributed by atoms with Crippen LogP contribution in [0.1, 0.15) is 28.9 Å². The molecule has 162 valence electrons. The highest BCUT2D eigenvalue weighted by atomic mass is 35.5. The number of benzene rings is 2. The minimum absolute atomic E-state index is 0.00779. The van der Waals surface area contributed by atoms with E-state index in [9.17, 15) is 8.42 Å². The lowest BCUT2D eigenvalue weighted by Gasteiger charge is -2.09. The minimum atomic E-state index is -3.40. The van der Waals surface area contributed by atoms with Crippen LogP contribution in [-0.2, 0) is 16.6 Å². The summed E-state index contributed by atoms with van der Waals surface area (Å²) < 4.78 is 28.5. The number of nitriles is 1. The van der Waals surface area contributed by atoms with Crippen LogP contribution >= 0.6 is 23.2 Å². The molecule has 0 atom stereocenters. The number of hydrogen-bond donors (Lipinski definition) is 1. The largest absolute Gasteiger partial charge is 0.284 e. The molecule has 1 heterocycles. The zero-order valence-electron chi connectivity index (χ0n) is 17.2. The SMILES string of the molecule is Cc1nn(Cc2ccc(NS(=O)(=O)CCCCl)cc2)c(C)c1-c1ccc(C#N)c(Cl)c1. The molecule has 0 saturated carbocycles. The Morgan fingerprint density at radius 1 is 1.16 bits per heavy atom. The maximum absolute atomic E-state index is 12.0. The molecular formula is C22H22Cl2N4O2S. The molecule has 6 nitrogen and oxygen atoms in total. The van der Waals surface area contributed by atoms with E-state index < -0.39 is 10.0 Å². The van der Waals surface area contributed by atoms with E-state index in [1.165, 1.54) is 0 Å². The zero-order valence-corrected chi connectivity index (χ0v) is 19.5. The second-order valence-electron chi connectivity index (χ2n) is 7.17. The van der Waals surface area contributed by atoms with E-state index in [0.717, 1.165) is 28.1 Å². The van der Waals surface area contributed by atoms with Gasteiger partial charge in [-0.3, -0.25) is 9.40 Å². The lowest BCUT2D eigenvalue weighted by molar-refractivity contribution is 0.600. The first-order valence-electron chi connectivity index (χ1n) is 9.63. The second-order valence-corrected chi connectivity index (χ2v) is 9.80. The zero-order chi connectivity index (χ0) is 22.6. The Balaban J connectivity index is 1.79. The van der Waals surface area contributed by atoms with Crippen molar-refractivity contribution in [3.8, 4) is 17.2 Å². The maximum atomic E-state index is 12.0. The van der Waals surface area contributed by atoms with Crippen LogP contribution in [0.15, 0.2) is 42.5 Å². The molecule has 3 rings (SSSR count). The van der Waals surface area contributed by atoms with Gasteiger partial charge in [-0.05, 0) is 55.7 Å². The number of sulfonamides is 1. The van der Waals surface area contributed by atoms with Crippen molar-refractivity contribution in [1.29, 1.82) is 5.26 Å². The summed E-state index contributed by atoms with van der Waals surface area (Å²) in [7, 11) is -3.40. The molecule has 0 unspecified atom stereocenters. The molecule has 9 heteroatoms. The first-order valence-corrected chi connectivity index (χ1v) is 12.2. The molecule has 0 aliphatic heterocycles. The third kappa shape index (κ3) is 5.59. The van der Waals surface area contributed by atoms with Crippen molar-refractivity contribution in [2.24, 2.45) is 0 Å². The molecule has 0 aliphatic rings. The van der Waals surface area contributed by atoms with Gasteiger partial charge in [0.25, 0.3) is 0 Å². The molecule has 0 saturated heterocycles. The van der Waals surface area contributed by atoms with Crippen molar-refractivity contribution < 1.29 is 8.42 Å². The van der Waals surface area contributed by atoms with Crippen LogP contribution in [0.3, 0.4) is 0 Å². The Hall–Kier alpha value is -2.53. The molecule has 0 fully saturated rings. The molecule has 2 aromatic carbocycles. The van der Waals surface area contributed by atoms with Gasteiger partial charge in [0.1, 0.15) is 6.07 Å². The number of anilines is 1. The number of rotatable bonds is 8. The van der Waals surface area contributed by atoms with E-state index in [1.54, 1.807) is 24.3 Å². The number of alkyl halides is 1. The van der Waals surface area contributed by atoms with Gasteiger partial charge in [-0.25, -0.2) is 8.42 Å². The van der Waals surface area contributed by atoms with E-state index in [2.05, 4.69) is 15.9 Å². The van der Waals surface area contributed by atoms with Crippen molar-refractivity contribution in [3.63, 3.8) is 0 Å². The number of hydrogen-bond acceptors (Lipinski definition) is 4. The van der Waals surface area contributed by atoms with Crippen molar-refractivity contribution in [2.75, 3.05) is 16.4 Å². The van der Waals surface area contributed by atoms with Crippen LogP contribution in [0.5, 0.6) is 0 Å². The summed E-state index contributed by atoms with van der Waals surface area (Å²) >= 11 is 11.8. The monoisotopic (exact) mass is 476 g/mol. The highest BCUT2D eigenvalue weighted by Gasteiger charge is 2.15. The predicted molar refractivity (Wildman–Crippen MR) is 125 cm³/mol. The number of aryl methyl sites for hydroxylation is 1. The molecule has 1 aromatic heterocycles. The van der Waals surface area contributed by atoms with Gasteiger partial charge in [0.15, 0.2) is 0 Å². The Morgan fingerprint density at radius 3 is 2.48 bits per heavy atom. The van der Waals surface area contributed by atoms with Gasteiger partial charge >= 0.3 is 0 Å². The quantitative estimate of drug-likeness (QED) is 0.457. The van der Waals surface area contributed by atoms with E-state index in [1.807, 2.05) is 36.7 Å². The van der Waals surface area contributed by atoms with E-state index in [-0.39, 0.29) is 5.75 Å². The normalized spacial score (nSPS) is 11.3. The van der Waals surface area contributed by atoms with E-state index in [4.69, 9.17) is 28.5 Å². The standard InChI is InChI=1S/C22H22Cl2N4O2S/c1-15-22(18-6-7-19(13-25)21(24)12-18)16(2)28(26-15)14-17-4-8-20(9-5-17)27-31(29,30)11-3-10-23/h4-9,12,27H,3,10-11,14H2,1-2H3. The molecule has 0 aliphatic carbocycles. The van der Waals surface area contributed by atoms with Gasteiger partial charge in [-0.2, -0.15) is 10.4 Å². The summed E-state index contributed by atoms with van der Waals surface area (Å²) in [5.74, 6) is 0.297. The fraction of sp³-hybridized carbons (Fsp3) is 0.273. The lowest BCUT2D eigenvalue weighted by Crippen LogP contribution is -2.17. The smallest absolute Gasteiger partial charge is 0.232 e. The molecule has 0 spiro atoms.